The predicted octanol–water partition coefficient (Wildman–Crippen LogP) is 5.07. The van der Waals surface area contributed by atoms with E-state index in [2.05, 4.69) is 16.8 Å². The highest BCUT2D eigenvalue weighted by atomic mass is 19.2. The number of rotatable bonds is 8. The van der Waals surface area contributed by atoms with Gasteiger partial charge in [-0.1, -0.05) is 11.8 Å². The summed E-state index contributed by atoms with van der Waals surface area (Å²) in [5, 5.41) is 20.6. The fourth-order valence-electron chi connectivity index (χ4n) is 5.00. The number of alkyl halides is 1. The summed E-state index contributed by atoms with van der Waals surface area (Å²) in [5.74, 6) is 2.46. The van der Waals surface area contributed by atoms with Gasteiger partial charge in [-0.25, -0.2) is 17.6 Å². The maximum Gasteiger partial charge on any atom is 0.174 e. The van der Waals surface area contributed by atoms with Crippen molar-refractivity contribution in [2.24, 2.45) is 5.41 Å². The third kappa shape index (κ3) is 6.09. The predicted molar refractivity (Wildman–Crippen MR) is 136 cm³/mol. The van der Waals surface area contributed by atoms with Gasteiger partial charge in [0.15, 0.2) is 11.6 Å². The first-order chi connectivity index (χ1) is 18.3. The van der Waals surface area contributed by atoms with Gasteiger partial charge in [0.05, 0.1) is 31.3 Å². The van der Waals surface area contributed by atoms with Crippen LogP contribution in [0.1, 0.15) is 48.5 Å². The topological polar surface area (TPSA) is 65.8 Å². The van der Waals surface area contributed by atoms with Crippen molar-refractivity contribution in [2.45, 2.75) is 38.5 Å². The number of fused-ring (bicyclic) bond motifs is 1. The molecule has 2 N–H and O–H groups in total. The van der Waals surface area contributed by atoms with Gasteiger partial charge in [0, 0.05) is 35.4 Å². The molecule has 3 aromatic rings. The number of nitrogens with zero attached hydrogens (tertiary/aromatic N) is 2. The van der Waals surface area contributed by atoms with Gasteiger partial charge in [-0.05, 0) is 68.5 Å². The number of hydrogen-bond donors (Lipinski definition) is 2. The summed E-state index contributed by atoms with van der Waals surface area (Å²) in [6, 6.07) is 6.54. The van der Waals surface area contributed by atoms with E-state index in [9.17, 15) is 23.4 Å². The molecule has 1 unspecified atom stereocenters. The number of hydrogen-bond acceptors (Lipinski definition) is 5. The maximum absolute atomic E-state index is 15.7. The van der Waals surface area contributed by atoms with E-state index in [1.165, 1.54) is 13.3 Å². The first kappa shape index (κ1) is 27.8. The van der Waals surface area contributed by atoms with E-state index in [0.717, 1.165) is 6.07 Å². The van der Waals surface area contributed by atoms with Crippen LogP contribution >= 0.6 is 0 Å². The van der Waals surface area contributed by atoms with Crippen molar-refractivity contribution < 1.29 is 32.5 Å². The lowest BCUT2D eigenvalue weighted by atomic mass is 9.74. The molecule has 202 valence electrons. The minimum atomic E-state index is -1.37. The smallest absolute Gasteiger partial charge is 0.174 e. The third-order valence-electron chi connectivity index (χ3n) is 7.38. The lowest BCUT2D eigenvalue weighted by Crippen LogP contribution is -2.42. The Hall–Kier alpha value is -3.19. The molecule has 0 amide bonds. The summed E-state index contributed by atoms with van der Waals surface area (Å²) < 4.78 is 61.5. The van der Waals surface area contributed by atoms with Crippen molar-refractivity contribution >= 4 is 10.9 Å². The van der Waals surface area contributed by atoms with E-state index >= 15 is 4.39 Å². The van der Waals surface area contributed by atoms with E-state index in [1.807, 2.05) is 4.90 Å². The largest absolute Gasteiger partial charge is 0.497 e. The Morgan fingerprint density at radius 3 is 2.58 bits per heavy atom. The van der Waals surface area contributed by atoms with Gasteiger partial charge >= 0.3 is 0 Å². The van der Waals surface area contributed by atoms with Crippen LogP contribution in [0.3, 0.4) is 0 Å². The number of pyridine rings is 1. The molecule has 2 aromatic carbocycles. The van der Waals surface area contributed by atoms with E-state index in [-0.39, 0.29) is 31.7 Å². The van der Waals surface area contributed by atoms with Crippen LogP contribution in [0.4, 0.5) is 17.6 Å². The zero-order chi connectivity index (χ0) is 27.3. The quantitative estimate of drug-likeness (QED) is 0.242. The minimum absolute atomic E-state index is 0.0925. The molecular weight excluding hydrogens is 500 g/mol. The normalized spacial score (nSPS) is 16.2. The van der Waals surface area contributed by atoms with Crippen LogP contribution in [0.15, 0.2) is 36.5 Å². The molecule has 1 saturated heterocycles. The molecular formula is C29H30F4N2O3. The Morgan fingerprint density at radius 1 is 1.13 bits per heavy atom. The Morgan fingerprint density at radius 2 is 1.89 bits per heavy atom. The standard InChI is InChI=1S/C29H30F4N2O3/c1-38-22-4-5-26-23(15-22)27(20(17-36)16-34-26)24(31)6-7-29(18-37)8-11-35(12-9-29)10-2-3-19-13-21(30)14-25(32)28(19)33/h4-5,13-16,24,36-37H,6-12,17-18H2,1H3. The Labute approximate surface area is 219 Å². The molecule has 0 saturated carbocycles. The monoisotopic (exact) mass is 530 g/mol. The molecule has 1 aromatic heterocycles. The molecule has 1 aliphatic heterocycles. The molecule has 4 rings (SSSR count). The average Bonchev–Trinajstić information content (AvgIpc) is 2.94. The fourth-order valence-corrected chi connectivity index (χ4v) is 5.00. The number of methoxy groups -OCH3 is 1. The van der Waals surface area contributed by atoms with E-state index in [4.69, 9.17) is 4.74 Å². The van der Waals surface area contributed by atoms with Gasteiger partial charge in [0.2, 0.25) is 0 Å². The van der Waals surface area contributed by atoms with Crippen LogP contribution in [0.5, 0.6) is 5.75 Å². The van der Waals surface area contributed by atoms with E-state index in [0.29, 0.717) is 66.2 Å². The van der Waals surface area contributed by atoms with Gasteiger partial charge in [-0.15, -0.1) is 0 Å². The van der Waals surface area contributed by atoms with Crippen molar-refractivity contribution in [1.82, 2.24) is 9.88 Å². The molecule has 0 radical (unpaired) electrons. The SMILES string of the molecule is COc1ccc2ncc(CO)c(C(F)CCC3(CO)CCN(CC#Cc4cc(F)cc(F)c4F)CC3)c2c1. The molecule has 1 atom stereocenters. The number of benzene rings is 2. The molecule has 0 bridgehead atoms. The first-order valence-corrected chi connectivity index (χ1v) is 12.5. The summed E-state index contributed by atoms with van der Waals surface area (Å²) in [4.78, 5) is 6.33. The van der Waals surface area contributed by atoms with Gasteiger partial charge in [0.1, 0.15) is 17.7 Å². The van der Waals surface area contributed by atoms with Crippen LogP contribution in [0.25, 0.3) is 10.9 Å². The van der Waals surface area contributed by atoms with Crippen molar-refractivity contribution in [3.05, 3.63) is 70.7 Å². The molecule has 38 heavy (non-hydrogen) atoms. The zero-order valence-corrected chi connectivity index (χ0v) is 21.1. The number of ether oxygens (including phenoxy) is 1. The zero-order valence-electron chi connectivity index (χ0n) is 21.1. The Balaban J connectivity index is 1.40. The second-order valence-electron chi connectivity index (χ2n) is 9.73. The summed E-state index contributed by atoms with van der Waals surface area (Å²) in [5.41, 5.74) is 0.610. The van der Waals surface area contributed by atoms with Gasteiger partial charge in [-0.3, -0.25) is 9.88 Å². The lowest BCUT2D eigenvalue weighted by molar-refractivity contribution is 0.0343. The number of aliphatic hydroxyl groups excluding tert-OH is 2. The second-order valence-corrected chi connectivity index (χ2v) is 9.73. The first-order valence-electron chi connectivity index (χ1n) is 12.5. The van der Waals surface area contributed by atoms with E-state index < -0.39 is 29.0 Å². The average molecular weight is 531 g/mol. The summed E-state index contributed by atoms with van der Waals surface area (Å²) in [6.45, 7) is 1.01. The molecule has 0 aliphatic carbocycles. The number of halogens is 4. The van der Waals surface area contributed by atoms with Crippen LogP contribution in [0.2, 0.25) is 0 Å². The van der Waals surface area contributed by atoms with Crippen molar-refractivity contribution in [1.29, 1.82) is 0 Å². The molecule has 1 fully saturated rings. The highest BCUT2D eigenvalue weighted by Gasteiger charge is 2.35. The van der Waals surface area contributed by atoms with Crippen molar-refractivity contribution in [2.75, 3.05) is 33.4 Å². The van der Waals surface area contributed by atoms with Crippen LogP contribution in [0, 0.1) is 34.7 Å². The molecule has 1 aliphatic rings. The minimum Gasteiger partial charge on any atom is -0.497 e. The Kier molecular flexibility index (Phi) is 8.87. The molecule has 9 heteroatoms. The highest BCUT2D eigenvalue weighted by Crippen LogP contribution is 2.41. The number of piperidine rings is 1. The number of aromatic nitrogens is 1. The van der Waals surface area contributed by atoms with Gasteiger partial charge < -0.3 is 14.9 Å². The van der Waals surface area contributed by atoms with Gasteiger partial charge in [0.25, 0.3) is 0 Å². The number of aliphatic hydroxyl groups is 2. The third-order valence-corrected chi connectivity index (χ3v) is 7.38. The fraction of sp³-hybridized carbons (Fsp3) is 0.414. The van der Waals surface area contributed by atoms with Crippen molar-refractivity contribution in [3.8, 4) is 17.6 Å². The molecule has 2 heterocycles. The summed E-state index contributed by atoms with van der Waals surface area (Å²) in [7, 11) is 1.53. The van der Waals surface area contributed by atoms with Crippen LogP contribution in [-0.2, 0) is 6.61 Å². The van der Waals surface area contributed by atoms with Gasteiger partial charge in [-0.2, -0.15) is 0 Å². The van der Waals surface area contributed by atoms with Crippen molar-refractivity contribution in [3.63, 3.8) is 0 Å². The molecule has 5 nitrogen and oxygen atoms in total. The Bertz CT molecular complexity index is 1340. The van der Waals surface area contributed by atoms with Crippen LogP contribution in [-0.4, -0.2) is 53.4 Å². The summed E-state index contributed by atoms with van der Waals surface area (Å²) >= 11 is 0. The van der Waals surface area contributed by atoms with Crippen LogP contribution < -0.4 is 4.74 Å². The van der Waals surface area contributed by atoms with E-state index in [1.54, 1.807) is 18.2 Å². The summed E-state index contributed by atoms with van der Waals surface area (Å²) in [6.07, 6.45) is 1.94. The second kappa shape index (κ2) is 12.1. The maximum atomic E-state index is 15.7. The highest BCUT2D eigenvalue weighted by molar-refractivity contribution is 5.85. The molecule has 0 spiro atoms. The lowest BCUT2D eigenvalue weighted by Gasteiger charge is -2.40. The number of likely N-dealkylation sites (tertiary alicyclic amines) is 1.